The highest BCUT2D eigenvalue weighted by Gasteiger charge is 2.27. The Balaban J connectivity index is 1.92. The minimum Gasteiger partial charge on any atom is -0.469 e. The highest BCUT2D eigenvalue weighted by Crippen LogP contribution is 2.42. The van der Waals surface area contributed by atoms with Gasteiger partial charge in [-0.2, -0.15) is 0 Å². The van der Waals surface area contributed by atoms with E-state index in [1.54, 1.807) is 0 Å². The number of thioether (sulfide) groups is 1. The van der Waals surface area contributed by atoms with Gasteiger partial charge >= 0.3 is 11.9 Å². The summed E-state index contributed by atoms with van der Waals surface area (Å²) in [5.41, 5.74) is 0. The summed E-state index contributed by atoms with van der Waals surface area (Å²) in [6.07, 6.45) is 18.3. The van der Waals surface area contributed by atoms with E-state index in [9.17, 15) is 9.59 Å². The molecule has 0 amide bonds. The van der Waals surface area contributed by atoms with Crippen LogP contribution in [-0.2, 0) is 19.1 Å². The Hall–Kier alpha value is -1.23. The second kappa shape index (κ2) is 14.8. The second-order valence-corrected chi connectivity index (χ2v) is 10.2. The summed E-state index contributed by atoms with van der Waals surface area (Å²) in [7, 11) is 1.44. The Morgan fingerprint density at radius 2 is 1.84 bits per heavy atom. The molecule has 0 aromatic carbocycles. The lowest BCUT2D eigenvalue weighted by Crippen LogP contribution is -2.13. The molecule has 2 atom stereocenters. The SMILES string of the molecule is CCCC(=O)OC1=C(SCCCCCC(=O)OC)C(/C=C/C(C)C2CCCCC2)CC1. The van der Waals surface area contributed by atoms with Crippen LogP contribution in [0.4, 0.5) is 0 Å². The van der Waals surface area contributed by atoms with E-state index in [4.69, 9.17) is 9.47 Å². The summed E-state index contributed by atoms with van der Waals surface area (Å²) in [6.45, 7) is 4.37. The van der Waals surface area contributed by atoms with Gasteiger partial charge in [-0.25, -0.2) is 0 Å². The van der Waals surface area contributed by atoms with E-state index in [1.807, 2.05) is 18.7 Å². The molecule has 0 bridgehead atoms. The van der Waals surface area contributed by atoms with Gasteiger partial charge in [-0.1, -0.05) is 51.7 Å². The molecule has 4 nitrogen and oxygen atoms in total. The number of hydrogen-bond acceptors (Lipinski definition) is 5. The Morgan fingerprint density at radius 1 is 1.06 bits per heavy atom. The van der Waals surface area contributed by atoms with Gasteiger partial charge in [0, 0.05) is 30.1 Å². The average Bonchev–Trinajstić information content (AvgIpc) is 3.16. The molecule has 0 spiro atoms. The minimum absolute atomic E-state index is 0.103. The fourth-order valence-electron chi connectivity index (χ4n) is 4.57. The monoisotopic (exact) mass is 450 g/mol. The molecule has 176 valence electrons. The highest BCUT2D eigenvalue weighted by atomic mass is 32.2. The van der Waals surface area contributed by atoms with Crippen molar-refractivity contribution in [3.63, 3.8) is 0 Å². The van der Waals surface area contributed by atoms with Crippen molar-refractivity contribution in [2.45, 2.75) is 97.3 Å². The molecular weight excluding hydrogens is 408 g/mol. The summed E-state index contributed by atoms with van der Waals surface area (Å²) < 4.78 is 10.5. The maximum absolute atomic E-state index is 12.1. The van der Waals surface area contributed by atoms with Crippen molar-refractivity contribution in [2.24, 2.45) is 17.8 Å². The number of allylic oxidation sites excluding steroid dienone is 4. The first-order chi connectivity index (χ1) is 15.0. The van der Waals surface area contributed by atoms with Gasteiger partial charge in [0.2, 0.25) is 0 Å². The predicted molar refractivity (Wildman–Crippen MR) is 129 cm³/mol. The van der Waals surface area contributed by atoms with Crippen molar-refractivity contribution < 1.29 is 19.1 Å². The van der Waals surface area contributed by atoms with E-state index in [2.05, 4.69) is 19.1 Å². The molecule has 0 heterocycles. The quantitative estimate of drug-likeness (QED) is 0.169. The molecule has 31 heavy (non-hydrogen) atoms. The third-order valence-electron chi connectivity index (χ3n) is 6.54. The molecule has 2 aliphatic carbocycles. The fourth-order valence-corrected chi connectivity index (χ4v) is 5.86. The Kier molecular flexibility index (Phi) is 12.4. The van der Waals surface area contributed by atoms with Crippen molar-refractivity contribution in [1.82, 2.24) is 0 Å². The van der Waals surface area contributed by atoms with Crippen molar-refractivity contribution >= 4 is 23.7 Å². The summed E-state index contributed by atoms with van der Waals surface area (Å²) in [6, 6.07) is 0. The molecule has 0 saturated heterocycles. The number of esters is 2. The predicted octanol–water partition coefficient (Wildman–Crippen LogP) is 7.19. The van der Waals surface area contributed by atoms with Gasteiger partial charge in [0.25, 0.3) is 0 Å². The molecule has 1 saturated carbocycles. The van der Waals surface area contributed by atoms with E-state index in [-0.39, 0.29) is 11.9 Å². The van der Waals surface area contributed by atoms with E-state index >= 15 is 0 Å². The molecule has 2 unspecified atom stereocenters. The summed E-state index contributed by atoms with van der Waals surface area (Å²) in [4.78, 5) is 24.6. The van der Waals surface area contributed by atoms with Crippen LogP contribution in [0.15, 0.2) is 22.8 Å². The van der Waals surface area contributed by atoms with Crippen molar-refractivity contribution in [3.05, 3.63) is 22.8 Å². The van der Waals surface area contributed by atoms with Crippen LogP contribution >= 0.6 is 11.8 Å². The number of methoxy groups -OCH3 is 1. The van der Waals surface area contributed by atoms with E-state index in [0.717, 1.165) is 56.0 Å². The van der Waals surface area contributed by atoms with E-state index in [1.165, 1.54) is 44.1 Å². The minimum atomic E-state index is -0.131. The van der Waals surface area contributed by atoms with Crippen LogP contribution in [0.25, 0.3) is 0 Å². The highest BCUT2D eigenvalue weighted by molar-refractivity contribution is 8.03. The smallest absolute Gasteiger partial charge is 0.310 e. The van der Waals surface area contributed by atoms with Gasteiger partial charge in [-0.15, -0.1) is 11.8 Å². The molecule has 0 radical (unpaired) electrons. The molecular formula is C26H42O4S. The molecule has 0 N–H and O–H groups in total. The van der Waals surface area contributed by atoms with Crippen molar-refractivity contribution in [1.29, 1.82) is 0 Å². The largest absolute Gasteiger partial charge is 0.469 e. The van der Waals surface area contributed by atoms with Crippen LogP contribution in [0.5, 0.6) is 0 Å². The number of carbonyl (C=O) groups is 2. The zero-order chi connectivity index (χ0) is 22.5. The number of carbonyl (C=O) groups excluding carboxylic acids is 2. The lowest BCUT2D eigenvalue weighted by molar-refractivity contribution is -0.141. The maximum atomic E-state index is 12.1. The van der Waals surface area contributed by atoms with Crippen LogP contribution in [-0.4, -0.2) is 24.8 Å². The Bertz CT molecular complexity index is 619. The molecule has 2 rings (SSSR count). The molecule has 2 aliphatic rings. The van der Waals surface area contributed by atoms with Gasteiger partial charge < -0.3 is 9.47 Å². The lowest BCUT2D eigenvalue weighted by atomic mass is 9.80. The zero-order valence-electron chi connectivity index (χ0n) is 19.8. The Morgan fingerprint density at radius 3 is 2.55 bits per heavy atom. The van der Waals surface area contributed by atoms with Crippen LogP contribution in [0.1, 0.15) is 97.3 Å². The standard InChI is InChI=1S/C26H42O4S/c1-4-11-25(28)30-23-18-17-22(16-15-20(2)21-12-7-5-8-13-21)26(23)31-19-10-6-9-14-24(27)29-3/h15-16,20-22H,4-14,17-19H2,1-3H3/b16-15+. The van der Waals surface area contributed by atoms with Gasteiger partial charge in [-0.05, 0) is 56.1 Å². The van der Waals surface area contributed by atoms with Gasteiger partial charge in [0.05, 0.1) is 7.11 Å². The number of hydrogen-bond donors (Lipinski definition) is 0. The van der Waals surface area contributed by atoms with E-state index in [0.29, 0.717) is 24.7 Å². The first-order valence-electron chi connectivity index (χ1n) is 12.4. The third kappa shape index (κ3) is 9.43. The molecule has 1 fully saturated rings. The first-order valence-corrected chi connectivity index (χ1v) is 13.3. The zero-order valence-corrected chi connectivity index (χ0v) is 20.6. The first kappa shape index (κ1) is 26.0. The maximum Gasteiger partial charge on any atom is 0.310 e. The van der Waals surface area contributed by atoms with Gasteiger partial charge in [0.15, 0.2) is 0 Å². The van der Waals surface area contributed by atoms with Gasteiger partial charge in [0.1, 0.15) is 5.76 Å². The van der Waals surface area contributed by atoms with Gasteiger partial charge in [-0.3, -0.25) is 9.59 Å². The van der Waals surface area contributed by atoms with Crippen molar-refractivity contribution in [3.8, 4) is 0 Å². The number of rotatable bonds is 13. The van der Waals surface area contributed by atoms with Crippen LogP contribution in [0.3, 0.4) is 0 Å². The second-order valence-electron chi connectivity index (χ2n) is 9.03. The van der Waals surface area contributed by atoms with Crippen LogP contribution < -0.4 is 0 Å². The van der Waals surface area contributed by atoms with E-state index < -0.39 is 0 Å². The summed E-state index contributed by atoms with van der Waals surface area (Å²) in [5.74, 6) is 3.48. The fraction of sp³-hybridized carbons (Fsp3) is 0.769. The average molecular weight is 451 g/mol. The molecule has 5 heteroatoms. The topological polar surface area (TPSA) is 52.6 Å². The number of ether oxygens (including phenoxy) is 2. The third-order valence-corrected chi connectivity index (χ3v) is 7.87. The molecule has 0 aliphatic heterocycles. The Labute approximate surface area is 193 Å². The lowest BCUT2D eigenvalue weighted by Gasteiger charge is -2.26. The summed E-state index contributed by atoms with van der Waals surface area (Å²) in [5, 5.41) is 0. The van der Waals surface area contributed by atoms with Crippen molar-refractivity contribution in [2.75, 3.05) is 12.9 Å². The summed E-state index contributed by atoms with van der Waals surface area (Å²) >= 11 is 1.85. The molecule has 0 aromatic heterocycles. The number of unbranched alkanes of at least 4 members (excludes halogenated alkanes) is 2. The van der Waals surface area contributed by atoms with Crippen LogP contribution in [0, 0.1) is 17.8 Å². The van der Waals surface area contributed by atoms with Crippen LogP contribution in [0.2, 0.25) is 0 Å². The molecule has 0 aromatic rings. The normalized spacial score (nSPS) is 20.9.